The number of aromatic nitrogens is 3. The average Bonchev–Trinajstić information content (AvgIpc) is 2.31. The van der Waals surface area contributed by atoms with Crippen LogP contribution in [-0.4, -0.2) is 35.6 Å². The van der Waals surface area contributed by atoms with E-state index >= 15 is 0 Å². The van der Waals surface area contributed by atoms with Gasteiger partial charge < -0.3 is 10.2 Å². The van der Waals surface area contributed by atoms with Gasteiger partial charge in [0.1, 0.15) is 5.82 Å². The van der Waals surface area contributed by atoms with Crippen molar-refractivity contribution < 1.29 is 0 Å². The van der Waals surface area contributed by atoms with Gasteiger partial charge >= 0.3 is 0 Å². The third-order valence-corrected chi connectivity index (χ3v) is 3.62. The Hall–Kier alpha value is -1.39. The molecule has 0 atom stereocenters. The van der Waals surface area contributed by atoms with Gasteiger partial charge in [-0.15, -0.1) is 0 Å². The van der Waals surface area contributed by atoms with Crippen molar-refractivity contribution in [2.24, 2.45) is 5.92 Å². The van der Waals surface area contributed by atoms with Crippen LogP contribution in [0.15, 0.2) is 0 Å². The Bertz CT molecular complexity index is 386. The molecule has 1 aromatic heterocycles. The number of rotatable bonds is 6. The summed E-state index contributed by atoms with van der Waals surface area (Å²) in [5, 5.41) is 3.35. The molecule has 1 heterocycles. The molecule has 1 saturated carbocycles. The highest BCUT2D eigenvalue weighted by molar-refractivity contribution is 5.36. The summed E-state index contributed by atoms with van der Waals surface area (Å²) < 4.78 is 0. The van der Waals surface area contributed by atoms with E-state index in [4.69, 9.17) is 0 Å². The van der Waals surface area contributed by atoms with Gasteiger partial charge in [-0.1, -0.05) is 33.1 Å². The first kappa shape index (κ1) is 14.0. The van der Waals surface area contributed by atoms with Gasteiger partial charge in [-0.2, -0.15) is 15.0 Å². The van der Waals surface area contributed by atoms with Gasteiger partial charge in [0.05, 0.1) is 0 Å². The highest BCUT2D eigenvalue weighted by Gasteiger charge is 2.17. The number of nitrogens with one attached hydrogen (secondary N) is 1. The quantitative estimate of drug-likeness (QED) is 0.855. The van der Waals surface area contributed by atoms with Gasteiger partial charge in [-0.3, -0.25) is 0 Å². The standard InChI is InChI=1S/C14H25N5/c1-10(2)12-16-13(18-14(17-12)19(3)4)15-9-8-11-6-5-7-11/h10-11H,5-9H2,1-4H3,(H,15,16,17,18). The van der Waals surface area contributed by atoms with Crippen LogP contribution in [0.3, 0.4) is 0 Å². The van der Waals surface area contributed by atoms with Gasteiger partial charge in [0.2, 0.25) is 11.9 Å². The van der Waals surface area contributed by atoms with Crippen molar-refractivity contribution in [2.75, 3.05) is 30.9 Å². The molecule has 0 radical (unpaired) electrons. The molecule has 0 unspecified atom stereocenters. The lowest BCUT2D eigenvalue weighted by molar-refractivity contribution is 0.302. The molecule has 1 aliphatic carbocycles. The Morgan fingerprint density at radius 3 is 2.47 bits per heavy atom. The number of hydrogen-bond donors (Lipinski definition) is 1. The summed E-state index contributed by atoms with van der Waals surface area (Å²) in [4.78, 5) is 15.3. The summed E-state index contributed by atoms with van der Waals surface area (Å²) in [6.07, 6.45) is 5.40. The van der Waals surface area contributed by atoms with Crippen LogP contribution in [0.5, 0.6) is 0 Å². The van der Waals surface area contributed by atoms with Crippen molar-refractivity contribution in [2.45, 2.75) is 45.4 Å². The molecule has 0 aromatic carbocycles. The molecule has 0 spiro atoms. The van der Waals surface area contributed by atoms with Gasteiger partial charge in [-0.05, 0) is 12.3 Å². The Balaban J connectivity index is 2.00. The Morgan fingerprint density at radius 2 is 1.95 bits per heavy atom. The minimum Gasteiger partial charge on any atom is -0.354 e. The molecule has 106 valence electrons. The lowest BCUT2D eigenvalue weighted by Gasteiger charge is -2.25. The van der Waals surface area contributed by atoms with Gasteiger partial charge in [0, 0.05) is 26.6 Å². The number of anilines is 2. The zero-order chi connectivity index (χ0) is 13.8. The first-order valence-corrected chi connectivity index (χ1v) is 7.23. The number of hydrogen-bond acceptors (Lipinski definition) is 5. The summed E-state index contributed by atoms with van der Waals surface area (Å²) in [5.74, 6) is 3.51. The van der Waals surface area contributed by atoms with E-state index in [2.05, 4.69) is 34.1 Å². The second-order valence-corrected chi connectivity index (χ2v) is 5.88. The molecular weight excluding hydrogens is 238 g/mol. The molecule has 2 rings (SSSR count). The van der Waals surface area contributed by atoms with Crippen LogP contribution in [-0.2, 0) is 0 Å². The van der Waals surface area contributed by atoms with Crippen LogP contribution in [0.25, 0.3) is 0 Å². The van der Waals surface area contributed by atoms with Crippen LogP contribution in [0.4, 0.5) is 11.9 Å². The summed E-state index contributed by atoms with van der Waals surface area (Å²) in [5.41, 5.74) is 0. The number of nitrogens with zero attached hydrogens (tertiary/aromatic N) is 4. The first-order valence-electron chi connectivity index (χ1n) is 7.23. The summed E-state index contributed by atoms with van der Waals surface area (Å²) in [6, 6.07) is 0. The van der Waals surface area contributed by atoms with Crippen molar-refractivity contribution >= 4 is 11.9 Å². The molecule has 5 heteroatoms. The summed E-state index contributed by atoms with van der Waals surface area (Å²) >= 11 is 0. The fourth-order valence-corrected chi connectivity index (χ4v) is 2.09. The Kier molecular flexibility index (Phi) is 4.56. The van der Waals surface area contributed by atoms with E-state index < -0.39 is 0 Å². The zero-order valence-corrected chi connectivity index (χ0v) is 12.5. The molecule has 1 aromatic rings. The highest BCUT2D eigenvalue weighted by Crippen LogP contribution is 2.29. The fraction of sp³-hybridized carbons (Fsp3) is 0.786. The summed E-state index contributed by atoms with van der Waals surface area (Å²) in [6.45, 7) is 5.17. The van der Waals surface area contributed by atoms with Crippen molar-refractivity contribution in [3.05, 3.63) is 5.82 Å². The van der Waals surface area contributed by atoms with E-state index in [0.717, 1.165) is 24.2 Å². The van der Waals surface area contributed by atoms with E-state index in [9.17, 15) is 0 Å². The second-order valence-electron chi connectivity index (χ2n) is 5.88. The molecule has 0 saturated heterocycles. The van der Waals surface area contributed by atoms with E-state index in [1.807, 2.05) is 19.0 Å². The minimum atomic E-state index is 0.314. The molecular formula is C14H25N5. The second kappa shape index (κ2) is 6.17. The maximum Gasteiger partial charge on any atom is 0.229 e. The molecule has 1 fully saturated rings. The van der Waals surface area contributed by atoms with Crippen LogP contribution >= 0.6 is 0 Å². The molecule has 5 nitrogen and oxygen atoms in total. The topological polar surface area (TPSA) is 53.9 Å². The van der Waals surface area contributed by atoms with Crippen LogP contribution in [0.2, 0.25) is 0 Å². The monoisotopic (exact) mass is 263 g/mol. The van der Waals surface area contributed by atoms with Crippen LogP contribution in [0, 0.1) is 5.92 Å². The highest BCUT2D eigenvalue weighted by atomic mass is 15.3. The van der Waals surface area contributed by atoms with Gasteiger partial charge in [-0.25, -0.2) is 0 Å². The van der Waals surface area contributed by atoms with Crippen molar-refractivity contribution in [3.8, 4) is 0 Å². The van der Waals surface area contributed by atoms with E-state index in [-0.39, 0.29) is 0 Å². The molecule has 0 amide bonds. The van der Waals surface area contributed by atoms with E-state index in [0.29, 0.717) is 11.9 Å². The van der Waals surface area contributed by atoms with Crippen molar-refractivity contribution in [3.63, 3.8) is 0 Å². The van der Waals surface area contributed by atoms with Gasteiger partial charge in [0.25, 0.3) is 0 Å². The normalized spacial score (nSPS) is 15.4. The molecule has 0 bridgehead atoms. The van der Waals surface area contributed by atoms with E-state index in [1.54, 1.807) is 0 Å². The third kappa shape index (κ3) is 3.78. The lowest BCUT2D eigenvalue weighted by Crippen LogP contribution is -2.19. The predicted octanol–water partition coefficient (Wildman–Crippen LogP) is 2.66. The Labute approximate surface area is 115 Å². The first-order chi connectivity index (χ1) is 9.06. The SMILES string of the molecule is CC(C)c1nc(NCCC2CCC2)nc(N(C)C)n1. The van der Waals surface area contributed by atoms with Gasteiger partial charge in [0.15, 0.2) is 0 Å². The Morgan fingerprint density at radius 1 is 1.21 bits per heavy atom. The minimum absolute atomic E-state index is 0.314. The molecule has 1 N–H and O–H groups in total. The molecule has 1 aliphatic rings. The third-order valence-electron chi connectivity index (χ3n) is 3.62. The fourth-order valence-electron chi connectivity index (χ4n) is 2.09. The van der Waals surface area contributed by atoms with Crippen molar-refractivity contribution in [1.29, 1.82) is 0 Å². The lowest BCUT2D eigenvalue weighted by atomic mass is 9.83. The summed E-state index contributed by atoms with van der Waals surface area (Å²) in [7, 11) is 3.91. The smallest absolute Gasteiger partial charge is 0.229 e. The largest absolute Gasteiger partial charge is 0.354 e. The maximum atomic E-state index is 4.50. The van der Waals surface area contributed by atoms with Crippen LogP contribution < -0.4 is 10.2 Å². The molecule has 0 aliphatic heterocycles. The average molecular weight is 263 g/mol. The predicted molar refractivity (Wildman–Crippen MR) is 78.7 cm³/mol. The van der Waals surface area contributed by atoms with Crippen molar-refractivity contribution in [1.82, 2.24) is 15.0 Å². The van der Waals surface area contributed by atoms with E-state index in [1.165, 1.54) is 25.7 Å². The zero-order valence-electron chi connectivity index (χ0n) is 12.5. The maximum absolute atomic E-state index is 4.50. The van der Waals surface area contributed by atoms with Crippen LogP contribution in [0.1, 0.15) is 51.3 Å². The molecule has 19 heavy (non-hydrogen) atoms.